The molecule has 20 heavy (non-hydrogen) atoms. The molecule has 1 saturated heterocycles. The molecule has 0 aromatic carbocycles. The molecule has 1 amide bonds. The monoisotopic (exact) mass is 283 g/mol. The van der Waals surface area contributed by atoms with Gasteiger partial charge in [0, 0.05) is 26.3 Å². The van der Waals surface area contributed by atoms with Crippen molar-refractivity contribution in [3.8, 4) is 0 Å². The standard InChI is InChI=1S/C15H25NO4/c1-2-20-10-8-15(6-3-4-7-15)14(19)16-9-5-12(11-16)13(17)18/h12H,2-11H2,1H3,(H,17,18). The number of carboxylic acids is 1. The Bertz CT molecular complexity index is 363. The smallest absolute Gasteiger partial charge is 0.308 e. The van der Waals surface area contributed by atoms with E-state index in [1.165, 1.54) is 0 Å². The van der Waals surface area contributed by atoms with Crippen LogP contribution in [0.2, 0.25) is 0 Å². The molecule has 0 bridgehead atoms. The minimum Gasteiger partial charge on any atom is -0.481 e. The molecule has 0 aromatic heterocycles. The first-order valence-electron chi connectivity index (χ1n) is 7.69. The second kappa shape index (κ2) is 6.57. The summed E-state index contributed by atoms with van der Waals surface area (Å²) in [6, 6.07) is 0. The number of aliphatic carboxylic acids is 1. The summed E-state index contributed by atoms with van der Waals surface area (Å²) in [5.74, 6) is -1.00. The van der Waals surface area contributed by atoms with Crippen molar-refractivity contribution < 1.29 is 19.4 Å². The highest BCUT2D eigenvalue weighted by Gasteiger charge is 2.45. The van der Waals surface area contributed by atoms with Crippen LogP contribution >= 0.6 is 0 Å². The van der Waals surface area contributed by atoms with Gasteiger partial charge in [0.2, 0.25) is 5.91 Å². The average molecular weight is 283 g/mol. The molecule has 1 heterocycles. The van der Waals surface area contributed by atoms with Crippen molar-refractivity contribution in [2.45, 2.75) is 45.4 Å². The van der Waals surface area contributed by atoms with Gasteiger partial charge in [-0.2, -0.15) is 0 Å². The molecular formula is C15H25NO4. The number of hydrogen-bond acceptors (Lipinski definition) is 3. The Balaban J connectivity index is 1.99. The molecule has 5 heteroatoms. The van der Waals surface area contributed by atoms with E-state index in [0.29, 0.717) is 32.7 Å². The molecule has 0 aromatic rings. The zero-order valence-corrected chi connectivity index (χ0v) is 12.3. The second-order valence-electron chi connectivity index (χ2n) is 6.01. The zero-order chi connectivity index (χ0) is 14.6. The van der Waals surface area contributed by atoms with Crippen LogP contribution in [0.25, 0.3) is 0 Å². The molecule has 0 radical (unpaired) electrons. The van der Waals surface area contributed by atoms with Gasteiger partial charge >= 0.3 is 5.97 Å². The number of hydrogen-bond donors (Lipinski definition) is 1. The summed E-state index contributed by atoms with van der Waals surface area (Å²) in [5, 5.41) is 9.06. The quantitative estimate of drug-likeness (QED) is 0.756. The summed E-state index contributed by atoms with van der Waals surface area (Å²) in [6.45, 7) is 4.23. The van der Waals surface area contributed by atoms with Gasteiger partial charge in [0.1, 0.15) is 0 Å². The molecule has 1 aliphatic heterocycles. The largest absolute Gasteiger partial charge is 0.481 e. The maximum Gasteiger partial charge on any atom is 0.308 e. The summed E-state index contributed by atoms with van der Waals surface area (Å²) >= 11 is 0. The topological polar surface area (TPSA) is 66.8 Å². The van der Waals surface area contributed by atoms with Gasteiger partial charge in [-0.25, -0.2) is 0 Å². The number of nitrogens with zero attached hydrogens (tertiary/aromatic N) is 1. The molecule has 2 aliphatic rings. The number of ether oxygens (including phenoxy) is 1. The maximum absolute atomic E-state index is 12.8. The molecular weight excluding hydrogens is 258 g/mol. The van der Waals surface area contributed by atoms with E-state index in [1.807, 2.05) is 6.92 Å². The van der Waals surface area contributed by atoms with Crippen LogP contribution in [0.5, 0.6) is 0 Å². The van der Waals surface area contributed by atoms with Crippen molar-refractivity contribution in [3.63, 3.8) is 0 Å². The van der Waals surface area contributed by atoms with E-state index in [2.05, 4.69) is 0 Å². The van der Waals surface area contributed by atoms with Gasteiger partial charge in [-0.1, -0.05) is 12.8 Å². The summed E-state index contributed by atoms with van der Waals surface area (Å²) in [7, 11) is 0. The van der Waals surface area contributed by atoms with Crippen LogP contribution in [-0.4, -0.2) is 48.2 Å². The van der Waals surface area contributed by atoms with E-state index in [4.69, 9.17) is 9.84 Å². The van der Waals surface area contributed by atoms with Gasteiger partial charge in [0.25, 0.3) is 0 Å². The lowest BCUT2D eigenvalue weighted by molar-refractivity contribution is -0.144. The molecule has 114 valence electrons. The SMILES string of the molecule is CCOCCC1(C(=O)N2CCC(C(=O)O)C2)CCCC1. The minimum absolute atomic E-state index is 0.165. The minimum atomic E-state index is -0.782. The number of carbonyl (C=O) groups excluding carboxylic acids is 1. The van der Waals surface area contributed by atoms with E-state index < -0.39 is 5.97 Å². The van der Waals surface area contributed by atoms with Crippen LogP contribution in [0.4, 0.5) is 0 Å². The van der Waals surface area contributed by atoms with Crippen LogP contribution in [0.15, 0.2) is 0 Å². The molecule has 1 aliphatic carbocycles. The van der Waals surface area contributed by atoms with E-state index in [1.54, 1.807) is 4.90 Å². The van der Waals surface area contributed by atoms with Crippen LogP contribution in [0.1, 0.15) is 45.4 Å². The van der Waals surface area contributed by atoms with E-state index >= 15 is 0 Å². The fourth-order valence-corrected chi connectivity index (χ4v) is 3.52. The first-order valence-corrected chi connectivity index (χ1v) is 7.69. The van der Waals surface area contributed by atoms with E-state index in [0.717, 1.165) is 32.1 Å². The first-order chi connectivity index (χ1) is 9.59. The van der Waals surface area contributed by atoms with Crippen molar-refractivity contribution in [2.24, 2.45) is 11.3 Å². The molecule has 1 atom stereocenters. The summed E-state index contributed by atoms with van der Waals surface area (Å²) in [6.07, 6.45) is 5.39. The molecule has 5 nitrogen and oxygen atoms in total. The van der Waals surface area contributed by atoms with Gasteiger partial charge in [0.15, 0.2) is 0 Å². The Morgan fingerprint density at radius 3 is 2.60 bits per heavy atom. The van der Waals surface area contributed by atoms with Gasteiger partial charge in [-0.15, -0.1) is 0 Å². The summed E-state index contributed by atoms with van der Waals surface area (Å²) in [4.78, 5) is 25.6. The normalized spacial score (nSPS) is 25.1. The Kier molecular flexibility index (Phi) is 5.02. The maximum atomic E-state index is 12.8. The highest BCUT2D eigenvalue weighted by molar-refractivity contribution is 5.84. The highest BCUT2D eigenvalue weighted by Crippen LogP contribution is 2.43. The second-order valence-corrected chi connectivity index (χ2v) is 6.01. The molecule has 1 saturated carbocycles. The third kappa shape index (κ3) is 3.14. The Morgan fingerprint density at radius 2 is 2.05 bits per heavy atom. The van der Waals surface area contributed by atoms with Crippen LogP contribution in [-0.2, 0) is 14.3 Å². The highest BCUT2D eigenvalue weighted by atomic mass is 16.5. The third-order valence-electron chi connectivity index (χ3n) is 4.77. The van der Waals surface area contributed by atoms with Crippen molar-refractivity contribution in [1.82, 2.24) is 4.90 Å². The van der Waals surface area contributed by atoms with Crippen LogP contribution in [0.3, 0.4) is 0 Å². The Hall–Kier alpha value is -1.10. The van der Waals surface area contributed by atoms with Crippen LogP contribution in [0, 0.1) is 11.3 Å². The van der Waals surface area contributed by atoms with Gasteiger partial charge in [-0.3, -0.25) is 9.59 Å². The van der Waals surface area contributed by atoms with Crippen molar-refractivity contribution in [2.75, 3.05) is 26.3 Å². The third-order valence-corrected chi connectivity index (χ3v) is 4.77. The van der Waals surface area contributed by atoms with Crippen molar-refractivity contribution in [1.29, 1.82) is 0 Å². The van der Waals surface area contributed by atoms with Crippen molar-refractivity contribution >= 4 is 11.9 Å². The molecule has 0 spiro atoms. The number of amides is 1. The average Bonchev–Trinajstić information content (AvgIpc) is 3.08. The summed E-state index contributed by atoms with van der Waals surface area (Å²) < 4.78 is 5.43. The molecule has 1 N–H and O–H groups in total. The van der Waals surface area contributed by atoms with Crippen molar-refractivity contribution in [3.05, 3.63) is 0 Å². The predicted octanol–water partition coefficient (Wildman–Crippen LogP) is 1.91. The lowest BCUT2D eigenvalue weighted by Gasteiger charge is -2.32. The van der Waals surface area contributed by atoms with Gasteiger partial charge in [-0.05, 0) is 32.6 Å². The zero-order valence-electron chi connectivity index (χ0n) is 12.3. The molecule has 2 fully saturated rings. The Morgan fingerprint density at radius 1 is 1.35 bits per heavy atom. The number of likely N-dealkylation sites (tertiary alicyclic amines) is 1. The van der Waals surface area contributed by atoms with E-state index in [9.17, 15) is 9.59 Å². The number of rotatable bonds is 6. The number of carboxylic acid groups (broad SMARTS) is 1. The molecule has 1 unspecified atom stereocenters. The fourth-order valence-electron chi connectivity index (χ4n) is 3.52. The summed E-state index contributed by atoms with van der Waals surface area (Å²) in [5.41, 5.74) is -0.289. The van der Waals surface area contributed by atoms with E-state index in [-0.39, 0.29) is 17.2 Å². The predicted molar refractivity (Wildman–Crippen MR) is 74.3 cm³/mol. The number of carbonyl (C=O) groups is 2. The van der Waals surface area contributed by atoms with Gasteiger partial charge in [0.05, 0.1) is 11.3 Å². The lowest BCUT2D eigenvalue weighted by atomic mass is 9.81. The lowest BCUT2D eigenvalue weighted by Crippen LogP contribution is -2.42. The van der Waals surface area contributed by atoms with Gasteiger partial charge < -0.3 is 14.7 Å². The fraction of sp³-hybridized carbons (Fsp3) is 0.867. The molecule has 2 rings (SSSR count). The first kappa shape index (κ1) is 15.3. The van der Waals surface area contributed by atoms with Crippen LogP contribution < -0.4 is 0 Å². The Labute approximate surface area is 120 Å².